The molecule has 0 bridgehead atoms. The topological polar surface area (TPSA) is 85.8 Å². The van der Waals surface area contributed by atoms with Gasteiger partial charge >= 0.3 is 0 Å². The van der Waals surface area contributed by atoms with Crippen molar-refractivity contribution in [2.45, 2.75) is 13.3 Å². The van der Waals surface area contributed by atoms with Crippen LogP contribution in [0.3, 0.4) is 0 Å². The minimum absolute atomic E-state index is 0.0129. The number of carbonyl (C=O) groups excluding carboxylic acids is 1. The van der Waals surface area contributed by atoms with Gasteiger partial charge in [0.1, 0.15) is 5.82 Å². The number of nitrogen functional groups attached to an aromatic ring is 1. The van der Waals surface area contributed by atoms with E-state index < -0.39 is 5.91 Å². The second-order valence-corrected chi connectivity index (χ2v) is 5.22. The summed E-state index contributed by atoms with van der Waals surface area (Å²) in [5, 5.41) is 10.4. The van der Waals surface area contributed by atoms with Gasteiger partial charge in [-0.2, -0.15) is 4.68 Å². The van der Waals surface area contributed by atoms with E-state index in [1.807, 2.05) is 24.3 Å². The molecule has 0 saturated carbocycles. The fourth-order valence-electron chi connectivity index (χ4n) is 2.24. The lowest BCUT2D eigenvalue weighted by molar-refractivity contribution is 0.102. The van der Waals surface area contributed by atoms with Gasteiger partial charge in [0.2, 0.25) is 0 Å². The van der Waals surface area contributed by atoms with E-state index >= 15 is 0 Å². The zero-order chi connectivity index (χ0) is 17.1. The monoisotopic (exact) mass is 325 g/mol. The van der Waals surface area contributed by atoms with Crippen molar-refractivity contribution in [3.8, 4) is 5.69 Å². The number of nitrogens with zero attached hydrogens (tertiary/aromatic N) is 3. The molecule has 0 fully saturated rings. The first kappa shape index (κ1) is 15.7. The Morgan fingerprint density at radius 3 is 2.46 bits per heavy atom. The van der Waals surface area contributed by atoms with Crippen molar-refractivity contribution in [3.63, 3.8) is 0 Å². The van der Waals surface area contributed by atoms with Gasteiger partial charge in [0, 0.05) is 5.69 Å². The van der Waals surface area contributed by atoms with Crippen LogP contribution >= 0.6 is 0 Å². The van der Waals surface area contributed by atoms with Gasteiger partial charge in [-0.15, -0.1) is 5.10 Å². The van der Waals surface area contributed by atoms with E-state index in [1.165, 1.54) is 34.5 Å². The summed E-state index contributed by atoms with van der Waals surface area (Å²) < 4.78 is 14.3. The largest absolute Gasteiger partial charge is 0.382 e. The maximum absolute atomic E-state index is 13.0. The van der Waals surface area contributed by atoms with Crippen molar-refractivity contribution in [2.24, 2.45) is 0 Å². The van der Waals surface area contributed by atoms with Crippen LogP contribution in [0.5, 0.6) is 0 Å². The fraction of sp³-hybridized carbons (Fsp3) is 0.118. The van der Waals surface area contributed by atoms with E-state index in [0.717, 1.165) is 6.42 Å². The third-order valence-corrected chi connectivity index (χ3v) is 3.61. The highest BCUT2D eigenvalue weighted by Gasteiger charge is 2.18. The molecule has 3 rings (SSSR count). The Balaban J connectivity index is 1.81. The van der Waals surface area contributed by atoms with Gasteiger partial charge in [0.25, 0.3) is 5.91 Å². The van der Waals surface area contributed by atoms with Gasteiger partial charge in [0.05, 0.1) is 5.69 Å². The van der Waals surface area contributed by atoms with Crippen molar-refractivity contribution in [1.29, 1.82) is 0 Å². The number of nitrogens with two attached hydrogens (primary N) is 1. The first-order valence-corrected chi connectivity index (χ1v) is 7.46. The number of anilines is 2. The van der Waals surface area contributed by atoms with Gasteiger partial charge in [-0.3, -0.25) is 4.79 Å². The number of aromatic nitrogens is 3. The Morgan fingerprint density at radius 1 is 1.17 bits per heavy atom. The number of hydrogen-bond acceptors (Lipinski definition) is 4. The Labute approximate surface area is 138 Å². The van der Waals surface area contributed by atoms with Crippen LogP contribution in [0.4, 0.5) is 15.9 Å². The van der Waals surface area contributed by atoms with Crippen molar-refractivity contribution in [3.05, 3.63) is 65.6 Å². The van der Waals surface area contributed by atoms with Crippen LogP contribution in [0.15, 0.2) is 48.5 Å². The predicted molar refractivity (Wildman–Crippen MR) is 89.5 cm³/mol. The molecule has 6 nitrogen and oxygen atoms in total. The van der Waals surface area contributed by atoms with Gasteiger partial charge < -0.3 is 11.1 Å². The molecular formula is C17H16FN5O. The van der Waals surface area contributed by atoms with Crippen molar-refractivity contribution in [2.75, 3.05) is 11.1 Å². The summed E-state index contributed by atoms with van der Waals surface area (Å²) in [4.78, 5) is 12.3. The molecule has 0 aliphatic heterocycles. The second-order valence-electron chi connectivity index (χ2n) is 5.22. The van der Waals surface area contributed by atoms with Gasteiger partial charge in [0.15, 0.2) is 11.5 Å². The number of benzene rings is 2. The zero-order valence-electron chi connectivity index (χ0n) is 13.0. The summed E-state index contributed by atoms with van der Waals surface area (Å²) in [5.74, 6) is -0.736. The molecular weight excluding hydrogens is 309 g/mol. The SMILES string of the molecule is CCc1ccc(NC(=O)c2nnn(-c3ccc(F)cc3)c2N)cc1. The first-order valence-electron chi connectivity index (χ1n) is 7.46. The molecule has 0 atom stereocenters. The van der Waals surface area contributed by atoms with Crippen molar-refractivity contribution in [1.82, 2.24) is 15.0 Å². The van der Waals surface area contributed by atoms with Crippen LogP contribution < -0.4 is 11.1 Å². The highest BCUT2D eigenvalue weighted by molar-refractivity contribution is 6.05. The molecule has 1 aromatic heterocycles. The molecule has 1 amide bonds. The lowest BCUT2D eigenvalue weighted by Crippen LogP contribution is -2.15. The molecule has 0 aliphatic rings. The number of nitrogens with one attached hydrogen (secondary N) is 1. The number of aryl methyl sites for hydroxylation is 1. The molecule has 0 saturated heterocycles. The van der Waals surface area contributed by atoms with Gasteiger partial charge in [-0.25, -0.2) is 4.39 Å². The van der Waals surface area contributed by atoms with E-state index in [9.17, 15) is 9.18 Å². The molecule has 24 heavy (non-hydrogen) atoms. The Kier molecular flexibility index (Phi) is 4.24. The average Bonchev–Trinajstić information content (AvgIpc) is 2.98. The van der Waals surface area contributed by atoms with Crippen LogP contribution in [0.2, 0.25) is 0 Å². The molecule has 0 aliphatic carbocycles. The Bertz CT molecular complexity index is 856. The number of rotatable bonds is 4. The van der Waals surface area contributed by atoms with E-state index in [0.29, 0.717) is 11.4 Å². The highest BCUT2D eigenvalue weighted by Crippen LogP contribution is 2.17. The average molecular weight is 325 g/mol. The molecule has 3 N–H and O–H groups in total. The minimum atomic E-state index is -0.454. The third-order valence-electron chi connectivity index (χ3n) is 3.61. The number of amides is 1. The zero-order valence-corrected chi connectivity index (χ0v) is 13.0. The fourth-order valence-corrected chi connectivity index (χ4v) is 2.24. The summed E-state index contributed by atoms with van der Waals surface area (Å²) in [5.41, 5.74) is 8.31. The standard InChI is InChI=1S/C17H16FN5O/c1-2-11-3-7-13(8-4-11)20-17(24)15-16(19)23(22-21-15)14-9-5-12(18)6-10-14/h3-10H,2,19H2,1H3,(H,20,24). The summed E-state index contributed by atoms with van der Waals surface area (Å²) in [6, 6.07) is 13.1. The van der Waals surface area contributed by atoms with Crippen LogP contribution in [0, 0.1) is 5.82 Å². The van der Waals surface area contributed by atoms with E-state index in [4.69, 9.17) is 5.73 Å². The third kappa shape index (κ3) is 3.10. The maximum Gasteiger partial charge on any atom is 0.280 e. The number of carbonyl (C=O) groups is 1. The highest BCUT2D eigenvalue weighted by atomic mass is 19.1. The van der Waals surface area contributed by atoms with E-state index in [1.54, 1.807) is 0 Å². The number of halogens is 1. The molecule has 0 unspecified atom stereocenters. The van der Waals surface area contributed by atoms with E-state index in [-0.39, 0.29) is 17.3 Å². The van der Waals surface area contributed by atoms with Crippen LogP contribution in [-0.4, -0.2) is 20.9 Å². The molecule has 0 spiro atoms. The van der Waals surface area contributed by atoms with Crippen molar-refractivity contribution < 1.29 is 9.18 Å². The number of hydrogen-bond donors (Lipinski definition) is 2. The van der Waals surface area contributed by atoms with Crippen molar-refractivity contribution >= 4 is 17.4 Å². The molecule has 0 radical (unpaired) electrons. The van der Waals surface area contributed by atoms with Crippen LogP contribution in [0.1, 0.15) is 23.0 Å². The van der Waals surface area contributed by atoms with Crippen LogP contribution in [-0.2, 0) is 6.42 Å². The van der Waals surface area contributed by atoms with E-state index in [2.05, 4.69) is 22.6 Å². The summed E-state index contributed by atoms with van der Waals surface area (Å²) >= 11 is 0. The van der Waals surface area contributed by atoms with Gasteiger partial charge in [-0.05, 0) is 48.4 Å². The molecule has 2 aromatic carbocycles. The van der Waals surface area contributed by atoms with Gasteiger partial charge in [-0.1, -0.05) is 24.3 Å². The second kappa shape index (κ2) is 6.49. The summed E-state index contributed by atoms with van der Waals surface area (Å²) in [6.45, 7) is 2.06. The Morgan fingerprint density at radius 2 is 1.83 bits per heavy atom. The first-order chi connectivity index (χ1) is 11.6. The normalized spacial score (nSPS) is 10.6. The lowest BCUT2D eigenvalue weighted by atomic mass is 10.1. The Hall–Kier alpha value is -3.22. The molecule has 122 valence electrons. The maximum atomic E-state index is 13.0. The molecule has 7 heteroatoms. The lowest BCUT2D eigenvalue weighted by Gasteiger charge is -2.05. The predicted octanol–water partition coefficient (Wildman–Crippen LogP) is 2.80. The van der Waals surface area contributed by atoms with Crippen LogP contribution in [0.25, 0.3) is 5.69 Å². The summed E-state index contributed by atoms with van der Waals surface area (Å²) in [7, 11) is 0. The smallest absolute Gasteiger partial charge is 0.280 e. The minimum Gasteiger partial charge on any atom is -0.382 e. The molecule has 1 heterocycles. The quantitative estimate of drug-likeness (QED) is 0.772. The molecule has 3 aromatic rings. The summed E-state index contributed by atoms with van der Waals surface area (Å²) in [6.07, 6.45) is 0.924.